The molecule has 0 heterocycles. The minimum absolute atomic E-state index is 0.132. The standard InChI is InChI=1S/C16H15ClF4O.C12H16/c1-3-5-12(16(19,20)21)9-13(17)10-22-14-6-7-15(18)11(4-2)8-14;1-4-11-9(5-8(2)3)6-10-7-12(10)11/h3,5-9H,1,4,10H2,2H3;4-5,10,12H,2,6-7H2,1,3H3/b12-5+,13-9+;9-5-,11-4+. The van der Waals surface area contributed by atoms with Crippen LogP contribution in [0, 0.1) is 17.7 Å². The van der Waals surface area contributed by atoms with Gasteiger partial charge in [0.05, 0.1) is 10.6 Å². The van der Waals surface area contributed by atoms with E-state index < -0.39 is 11.7 Å². The fraction of sp³-hybridized carbons (Fsp3) is 0.357. The van der Waals surface area contributed by atoms with E-state index in [0.29, 0.717) is 17.7 Å². The van der Waals surface area contributed by atoms with Crippen LogP contribution in [0.2, 0.25) is 0 Å². The molecule has 184 valence electrons. The Morgan fingerprint density at radius 3 is 2.56 bits per heavy atom. The molecule has 0 aliphatic heterocycles. The van der Waals surface area contributed by atoms with E-state index in [9.17, 15) is 17.6 Å². The maximum absolute atomic E-state index is 13.3. The van der Waals surface area contributed by atoms with E-state index in [-0.39, 0.29) is 17.5 Å². The first-order chi connectivity index (χ1) is 16.0. The largest absolute Gasteiger partial charge is 0.488 e. The van der Waals surface area contributed by atoms with E-state index >= 15 is 0 Å². The number of alkyl halides is 3. The van der Waals surface area contributed by atoms with E-state index in [4.69, 9.17) is 16.3 Å². The Hall–Kier alpha value is -2.53. The summed E-state index contributed by atoms with van der Waals surface area (Å²) in [5.74, 6) is 1.89. The lowest BCUT2D eigenvalue weighted by Gasteiger charge is -2.10. The summed E-state index contributed by atoms with van der Waals surface area (Å²) in [6.45, 7) is 12.9. The Morgan fingerprint density at radius 2 is 2.00 bits per heavy atom. The molecule has 0 spiro atoms. The number of halogens is 5. The van der Waals surface area contributed by atoms with Crippen molar-refractivity contribution in [2.45, 2.75) is 46.2 Å². The molecule has 2 aliphatic rings. The van der Waals surface area contributed by atoms with Crippen LogP contribution >= 0.6 is 11.6 Å². The van der Waals surface area contributed by atoms with E-state index in [0.717, 1.165) is 30.1 Å². The quantitative estimate of drug-likeness (QED) is 0.271. The third kappa shape index (κ3) is 8.05. The lowest BCUT2D eigenvalue weighted by molar-refractivity contribution is -0.0882. The molecule has 3 rings (SSSR count). The lowest BCUT2D eigenvalue weighted by Crippen LogP contribution is -2.11. The van der Waals surface area contributed by atoms with Gasteiger partial charge in [-0.1, -0.05) is 61.6 Å². The summed E-state index contributed by atoms with van der Waals surface area (Å²) < 4.78 is 56.6. The molecular formula is C28H31ClF4O. The fourth-order valence-corrected chi connectivity index (χ4v) is 4.13. The molecule has 0 aromatic heterocycles. The van der Waals surface area contributed by atoms with Crippen molar-refractivity contribution in [3.05, 3.63) is 100 Å². The Balaban J connectivity index is 0.000000283. The Kier molecular flexibility index (Phi) is 9.99. The third-order valence-corrected chi connectivity index (χ3v) is 5.84. The fourth-order valence-electron chi connectivity index (χ4n) is 3.96. The highest BCUT2D eigenvalue weighted by Gasteiger charge is 2.46. The van der Waals surface area contributed by atoms with Crippen LogP contribution < -0.4 is 4.74 Å². The number of aryl methyl sites for hydroxylation is 1. The minimum Gasteiger partial charge on any atom is -0.488 e. The first-order valence-electron chi connectivity index (χ1n) is 11.2. The van der Waals surface area contributed by atoms with Crippen molar-refractivity contribution in [2.75, 3.05) is 6.61 Å². The van der Waals surface area contributed by atoms with Gasteiger partial charge in [0, 0.05) is 0 Å². The maximum atomic E-state index is 13.3. The molecule has 2 fully saturated rings. The van der Waals surface area contributed by atoms with E-state index in [1.165, 1.54) is 36.6 Å². The first kappa shape index (κ1) is 27.7. The van der Waals surface area contributed by atoms with Crippen LogP contribution in [0.25, 0.3) is 0 Å². The summed E-state index contributed by atoms with van der Waals surface area (Å²) in [7, 11) is 0. The van der Waals surface area contributed by atoms with Crippen molar-refractivity contribution in [2.24, 2.45) is 11.8 Å². The predicted octanol–water partition coefficient (Wildman–Crippen LogP) is 9.04. The van der Waals surface area contributed by atoms with Gasteiger partial charge in [0.2, 0.25) is 0 Å². The van der Waals surface area contributed by atoms with Crippen molar-refractivity contribution in [3.8, 4) is 5.75 Å². The van der Waals surface area contributed by atoms with Gasteiger partial charge in [0.15, 0.2) is 0 Å². The van der Waals surface area contributed by atoms with E-state index in [1.54, 1.807) is 18.1 Å². The molecule has 1 nitrogen and oxygen atoms in total. The second-order valence-corrected chi connectivity index (χ2v) is 8.89. The van der Waals surface area contributed by atoms with Crippen molar-refractivity contribution >= 4 is 11.6 Å². The maximum Gasteiger partial charge on any atom is 0.416 e. The molecule has 34 heavy (non-hydrogen) atoms. The van der Waals surface area contributed by atoms with Gasteiger partial charge in [0.1, 0.15) is 18.2 Å². The smallest absolute Gasteiger partial charge is 0.416 e. The zero-order valence-corrected chi connectivity index (χ0v) is 20.6. The zero-order valence-electron chi connectivity index (χ0n) is 19.8. The van der Waals surface area contributed by atoms with Gasteiger partial charge in [-0.25, -0.2) is 4.39 Å². The van der Waals surface area contributed by atoms with Gasteiger partial charge in [0.25, 0.3) is 0 Å². The normalized spacial score (nSPS) is 22.2. The van der Waals surface area contributed by atoms with Gasteiger partial charge in [-0.05, 0) is 85.9 Å². The Labute approximate surface area is 204 Å². The van der Waals surface area contributed by atoms with E-state index in [1.807, 2.05) is 0 Å². The van der Waals surface area contributed by atoms with Crippen molar-refractivity contribution in [1.29, 1.82) is 0 Å². The van der Waals surface area contributed by atoms with Crippen LogP contribution in [0.4, 0.5) is 17.6 Å². The van der Waals surface area contributed by atoms with Crippen LogP contribution in [0.15, 0.2) is 89.1 Å². The average molecular weight is 495 g/mol. The Bertz CT molecular complexity index is 1030. The van der Waals surface area contributed by atoms with Crippen molar-refractivity contribution in [1.82, 2.24) is 0 Å². The highest BCUT2D eigenvalue weighted by Crippen LogP contribution is 2.57. The highest BCUT2D eigenvalue weighted by molar-refractivity contribution is 6.30. The van der Waals surface area contributed by atoms with Crippen molar-refractivity contribution in [3.63, 3.8) is 0 Å². The first-order valence-corrected chi connectivity index (χ1v) is 11.6. The molecule has 1 aromatic carbocycles. The summed E-state index contributed by atoms with van der Waals surface area (Å²) >= 11 is 5.76. The second-order valence-electron chi connectivity index (χ2n) is 8.41. The molecule has 0 bridgehead atoms. The van der Waals surface area contributed by atoms with Gasteiger partial charge in [-0.15, -0.1) is 0 Å². The SMILES string of the molecule is C=C(C)/C=C1/CC2CC2/C1=C/C.C=C/C=C(\C=C(\Cl)COc1ccc(F)c(CC)c1)C(F)(F)F. The van der Waals surface area contributed by atoms with E-state index in [2.05, 4.69) is 39.2 Å². The number of hydrogen-bond donors (Lipinski definition) is 0. The molecule has 2 unspecified atom stereocenters. The van der Waals surface area contributed by atoms with Gasteiger partial charge < -0.3 is 4.74 Å². The highest BCUT2D eigenvalue weighted by atomic mass is 35.5. The molecular weight excluding hydrogens is 464 g/mol. The molecule has 0 radical (unpaired) electrons. The lowest BCUT2D eigenvalue weighted by atomic mass is 10.0. The number of benzene rings is 1. The summed E-state index contributed by atoms with van der Waals surface area (Å²) in [5, 5.41) is -0.132. The van der Waals surface area contributed by atoms with Crippen LogP contribution in [-0.2, 0) is 6.42 Å². The predicted molar refractivity (Wildman–Crippen MR) is 132 cm³/mol. The molecule has 0 N–H and O–H groups in total. The summed E-state index contributed by atoms with van der Waals surface area (Å²) in [6.07, 6.45) is 5.84. The van der Waals surface area contributed by atoms with Gasteiger partial charge in [-0.3, -0.25) is 0 Å². The van der Waals surface area contributed by atoms with Crippen molar-refractivity contribution < 1.29 is 22.3 Å². The number of hydrogen-bond acceptors (Lipinski definition) is 1. The van der Waals surface area contributed by atoms with Gasteiger partial charge in [-0.2, -0.15) is 13.2 Å². The summed E-state index contributed by atoms with van der Waals surface area (Å²) in [4.78, 5) is 0. The molecule has 2 atom stereocenters. The van der Waals surface area contributed by atoms with Crippen LogP contribution in [0.3, 0.4) is 0 Å². The number of ether oxygens (including phenoxy) is 1. The van der Waals surface area contributed by atoms with Gasteiger partial charge >= 0.3 is 6.18 Å². The molecule has 2 saturated carbocycles. The molecule has 1 aromatic rings. The Morgan fingerprint density at radius 1 is 1.29 bits per heavy atom. The minimum atomic E-state index is -4.53. The third-order valence-electron chi connectivity index (χ3n) is 5.62. The molecule has 0 amide bonds. The van der Waals surface area contributed by atoms with Crippen LogP contribution in [0.1, 0.15) is 39.2 Å². The molecule has 0 saturated heterocycles. The summed E-state index contributed by atoms with van der Waals surface area (Å²) in [5.41, 5.74) is 3.87. The topological polar surface area (TPSA) is 9.23 Å². The number of rotatable bonds is 7. The summed E-state index contributed by atoms with van der Waals surface area (Å²) in [6, 6.07) is 4.12. The van der Waals surface area contributed by atoms with Crippen LogP contribution in [0.5, 0.6) is 5.75 Å². The number of fused-ring (bicyclic) bond motifs is 1. The second kappa shape index (κ2) is 12.3. The van der Waals surface area contributed by atoms with Crippen LogP contribution in [-0.4, -0.2) is 12.8 Å². The average Bonchev–Trinajstić information content (AvgIpc) is 3.43. The monoisotopic (exact) mass is 494 g/mol. The molecule has 6 heteroatoms. The molecule has 2 aliphatic carbocycles. The zero-order chi connectivity index (χ0) is 25.5. The number of allylic oxidation sites excluding steroid dienone is 9.